The SMILES string of the molecule is CCN1CCN(C(C)c2c(C)c(C(=O)OC(C)C)cc3c(-c4ccnc(F)c4)ccn23)CC1.CCN1CCN(C(C)c2c(C)c(C(=O)OC(C)C)cc3c(-c4ccnc(NC)c4)ccn23)CC1.Cc1c(C(=O)OC(C)C)cc2c(Br)ccn2c1C(C)N1CCN(CC(F)(F)F)CC1.OB(O)c1ccnc(F)c1.[Na+].[OH-]. The fourth-order valence-corrected chi connectivity index (χ4v) is 14.9. The van der Waals surface area contributed by atoms with Gasteiger partial charge in [-0.25, -0.2) is 29.3 Å². The van der Waals surface area contributed by atoms with E-state index < -0.39 is 31.7 Å². The van der Waals surface area contributed by atoms with Crippen LogP contribution in [0.3, 0.4) is 0 Å². The minimum Gasteiger partial charge on any atom is -0.870 e. The molecule has 3 aliphatic heterocycles. The van der Waals surface area contributed by atoms with E-state index in [1.54, 1.807) is 6.07 Å². The molecular formula is C79H103BBrF5N13NaO9. The monoisotopic (exact) mass is 1590 g/mol. The van der Waals surface area contributed by atoms with Crippen molar-refractivity contribution >= 4 is 68.8 Å². The van der Waals surface area contributed by atoms with Crippen LogP contribution in [0.2, 0.25) is 0 Å². The summed E-state index contributed by atoms with van der Waals surface area (Å²) in [7, 11) is 0.239. The average molecular weight is 1590 g/mol. The summed E-state index contributed by atoms with van der Waals surface area (Å²) < 4.78 is 88.1. The standard InChI is InChI=1S/C27H37N5O2.C26H33FN4O2.C21H27BrF3N3O2.C5H5BFNO2.Na.H2O/c1-7-30-12-14-31(15-13-30)20(5)26-19(4)23(27(33)34-18(2)3)17-24-22(9-11-32(24)26)21-8-10-29-25(16-21)28-6;1-6-29-11-13-30(14-12-29)19(5)25-18(4)22(26(32)33-17(2)3)16-23-21(8-10-31(23)25)20-7-9-28-24(27)15-20;1-13(2)30-20(29)16-11-18-17(22)5-6-28(18)19(14(16)3)15(4)27-9-7-26(8-10-27)12-21(23,24)25;7-5-3-4(6(9)10)1-2-8-5;;/h8-11,16-18,20H,7,12-15H2,1-6H3,(H,28,29);7-10,15-17,19H,6,11-14H2,1-5H3;5-6,11,13,15H,7-10,12H2,1-4H3;1-3,9-10H;;1H2/q;;;;+1;/p-1. The number of anilines is 1. The summed E-state index contributed by atoms with van der Waals surface area (Å²) in [4.78, 5) is 63.7. The number of hydrogen-bond acceptors (Lipinski definition) is 19. The Kier molecular flexibility index (Phi) is 32.5. The number of piperazine rings is 3. The molecule has 9 aromatic rings. The molecule has 4 N–H and O–H groups in total. The Morgan fingerprint density at radius 2 is 0.862 bits per heavy atom. The van der Waals surface area contributed by atoms with Gasteiger partial charge in [-0.1, -0.05) is 13.8 Å². The van der Waals surface area contributed by atoms with Gasteiger partial charge in [-0.2, -0.15) is 22.0 Å². The summed E-state index contributed by atoms with van der Waals surface area (Å²) in [5.41, 5.74) is 14.1. The molecule has 3 saturated heterocycles. The maximum atomic E-state index is 13.9. The molecule has 12 rings (SSSR count). The number of hydrogen-bond donors (Lipinski definition) is 3. The number of esters is 3. The van der Waals surface area contributed by atoms with Gasteiger partial charge in [-0.05, 0) is 212 Å². The van der Waals surface area contributed by atoms with Crippen LogP contribution >= 0.6 is 15.9 Å². The largest absolute Gasteiger partial charge is 1.00 e. The van der Waals surface area contributed by atoms with Gasteiger partial charge in [-0.3, -0.25) is 19.6 Å². The molecule has 3 aliphatic rings. The van der Waals surface area contributed by atoms with Crippen molar-refractivity contribution in [2.45, 2.75) is 140 Å². The second-order valence-corrected chi connectivity index (χ2v) is 29.0. The second-order valence-electron chi connectivity index (χ2n) is 28.2. The van der Waals surface area contributed by atoms with E-state index in [0.717, 1.165) is 154 Å². The van der Waals surface area contributed by atoms with Crippen molar-refractivity contribution in [3.8, 4) is 22.3 Å². The zero-order valence-electron chi connectivity index (χ0n) is 65.5. The number of nitrogens with one attached hydrogen (secondary N) is 1. The van der Waals surface area contributed by atoms with Gasteiger partial charge in [0.2, 0.25) is 11.9 Å². The first-order valence-corrected chi connectivity index (χ1v) is 37.5. The molecule has 0 amide bonds. The smallest absolute Gasteiger partial charge is 0.870 e. The summed E-state index contributed by atoms with van der Waals surface area (Å²) in [6.07, 6.45) is 5.73. The third kappa shape index (κ3) is 22.1. The molecule has 0 aromatic carbocycles. The van der Waals surface area contributed by atoms with Gasteiger partial charge in [0, 0.05) is 180 Å². The number of carbonyl (C=O) groups is 3. The molecule has 3 fully saturated rings. The molecule has 0 bridgehead atoms. The van der Waals surface area contributed by atoms with Crippen LogP contribution in [0.25, 0.3) is 38.8 Å². The zero-order chi connectivity index (χ0) is 77.9. The third-order valence-corrected chi connectivity index (χ3v) is 20.8. The van der Waals surface area contributed by atoms with Gasteiger partial charge in [0.05, 0.1) is 58.1 Å². The molecule has 0 saturated carbocycles. The zero-order valence-corrected chi connectivity index (χ0v) is 69.1. The first kappa shape index (κ1) is 89.0. The van der Waals surface area contributed by atoms with Crippen molar-refractivity contribution in [1.29, 1.82) is 0 Å². The van der Waals surface area contributed by atoms with E-state index in [9.17, 15) is 36.3 Å². The Morgan fingerprint density at radius 1 is 0.514 bits per heavy atom. The van der Waals surface area contributed by atoms with Gasteiger partial charge in [-0.15, -0.1) is 0 Å². The molecule has 12 heterocycles. The minimum atomic E-state index is -4.18. The Hall–Kier alpha value is -7.23. The Labute approximate surface area is 666 Å². The van der Waals surface area contributed by atoms with E-state index in [4.69, 9.17) is 24.3 Å². The Balaban J connectivity index is 0.000000212. The molecule has 30 heteroatoms. The fraction of sp³-hybridized carbons (Fsp3) is 0.468. The van der Waals surface area contributed by atoms with Crippen LogP contribution in [0, 0.1) is 32.7 Å². The maximum absolute atomic E-state index is 13.9. The number of ether oxygens (including phenoxy) is 3. The topological polar surface area (TPSA) is 233 Å². The Bertz CT molecular complexity index is 4540. The molecule has 0 spiro atoms. The first-order valence-electron chi connectivity index (χ1n) is 36.7. The maximum Gasteiger partial charge on any atom is 1.00 e. The summed E-state index contributed by atoms with van der Waals surface area (Å²) in [6, 6.07) is 21.5. The van der Waals surface area contributed by atoms with Crippen LogP contribution < -0.4 is 40.3 Å². The molecular weight excluding hydrogens is 1480 g/mol. The molecule has 9 aromatic heterocycles. The van der Waals surface area contributed by atoms with Crippen molar-refractivity contribution in [1.82, 2.24) is 57.6 Å². The van der Waals surface area contributed by atoms with Gasteiger partial charge in [0.15, 0.2) is 0 Å². The molecule has 3 unspecified atom stereocenters. The Morgan fingerprint density at radius 3 is 1.21 bits per heavy atom. The molecule has 0 radical (unpaired) electrons. The van der Waals surface area contributed by atoms with E-state index in [2.05, 4.69) is 116 Å². The van der Waals surface area contributed by atoms with E-state index in [1.165, 1.54) is 29.4 Å². The van der Waals surface area contributed by atoms with Crippen LogP contribution in [-0.4, -0.2) is 228 Å². The summed E-state index contributed by atoms with van der Waals surface area (Å²) in [6.45, 7) is 39.2. The van der Waals surface area contributed by atoms with Crippen molar-refractivity contribution in [3.05, 3.63) is 177 Å². The number of alkyl halides is 3. The summed E-state index contributed by atoms with van der Waals surface area (Å²) in [5.74, 6) is -1.40. The predicted molar refractivity (Wildman–Crippen MR) is 414 cm³/mol. The quantitative estimate of drug-likeness (QED) is 0.0225. The van der Waals surface area contributed by atoms with Crippen LogP contribution in [-0.2, 0) is 14.2 Å². The number of pyridine rings is 6. The van der Waals surface area contributed by atoms with Crippen LogP contribution in [0.15, 0.2) is 114 Å². The molecule has 3 atom stereocenters. The van der Waals surface area contributed by atoms with Gasteiger partial charge in [0.25, 0.3) is 0 Å². The molecule has 0 aliphatic carbocycles. The molecule has 109 heavy (non-hydrogen) atoms. The summed E-state index contributed by atoms with van der Waals surface area (Å²) >= 11 is 3.54. The second kappa shape index (κ2) is 39.8. The van der Waals surface area contributed by atoms with E-state index in [-0.39, 0.29) is 94.8 Å². The number of nitrogens with zero attached hydrogens (tertiary/aromatic N) is 12. The number of fused-ring (bicyclic) bond motifs is 3. The molecule has 584 valence electrons. The number of rotatable bonds is 19. The van der Waals surface area contributed by atoms with E-state index in [1.807, 2.05) is 135 Å². The third-order valence-electron chi connectivity index (χ3n) is 20.2. The first-order chi connectivity index (χ1) is 50.8. The van der Waals surface area contributed by atoms with Crippen molar-refractivity contribution < 1.29 is 95.6 Å². The van der Waals surface area contributed by atoms with E-state index >= 15 is 0 Å². The van der Waals surface area contributed by atoms with Crippen molar-refractivity contribution in [2.24, 2.45) is 0 Å². The van der Waals surface area contributed by atoms with Gasteiger partial charge < -0.3 is 58.1 Å². The molecule has 22 nitrogen and oxygen atoms in total. The van der Waals surface area contributed by atoms with Crippen LogP contribution in [0.1, 0.15) is 159 Å². The fourth-order valence-electron chi connectivity index (χ4n) is 14.5. The minimum absolute atomic E-state index is 0. The number of likely N-dealkylation sites (N-methyl/N-ethyl adjacent to an activating group) is 2. The van der Waals surface area contributed by atoms with Gasteiger partial charge >= 0.3 is 60.8 Å². The summed E-state index contributed by atoms with van der Waals surface area (Å²) in [5, 5.41) is 20.1. The van der Waals surface area contributed by atoms with Gasteiger partial charge in [0.1, 0.15) is 5.82 Å². The number of halogens is 6. The van der Waals surface area contributed by atoms with Crippen LogP contribution in [0.5, 0.6) is 0 Å². The average Bonchev–Trinajstić information content (AvgIpc) is 1.60. The number of carbonyl (C=O) groups excluding carboxylic acids is 3. The van der Waals surface area contributed by atoms with Crippen LogP contribution in [0.4, 0.5) is 27.8 Å². The number of aromatic nitrogens is 6. The normalized spacial score (nSPS) is 15.8. The van der Waals surface area contributed by atoms with Crippen molar-refractivity contribution in [3.63, 3.8) is 0 Å². The van der Waals surface area contributed by atoms with Crippen molar-refractivity contribution in [2.75, 3.05) is 111 Å². The predicted octanol–water partition coefficient (Wildman–Crippen LogP) is 9.87. The van der Waals surface area contributed by atoms with E-state index in [0.29, 0.717) is 42.9 Å².